The average Bonchev–Trinajstić information content (AvgIpc) is 2.65. The van der Waals surface area contributed by atoms with Gasteiger partial charge >= 0.3 is 0 Å². The first-order valence-corrected chi connectivity index (χ1v) is 7.96. The maximum absolute atomic E-state index is 13.3. The molecule has 0 aliphatic carbocycles. The minimum Gasteiger partial charge on any atom is -0.340 e. The number of hydrogen-bond acceptors (Lipinski definition) is 4. The summed E-state index contributed by atoms with van der Waals surface area (Å²) in [5.41, 5.74) is 3.47. The summed E-state index contributed by atoms with van der Waals surface area (Å²) in [6.45, 7) is 0. The highest BCUT2D eigenvalue weighted by Gasteiger charge is 2.08. The van der Waals surface area contributed by atoms with Gasteiger partial charge < -0.3 is 5.32 Å². The van der Waals surface area contributed by atoms with Crippen LogP contribution in [-0.4, -0.2) is 15.0 Å². The number of aromatic nitrogens is 3. The molecule has 0 bridgehead atoms. The Bertz CT molecular complexity index is 1050. The molecule has 0 fully saturated rings. The Kier molecular flexibility index (Phi) is 3.99. The molecule has 4 nitrogen and oxygen atoms in total. The van der Waals surface area contributed by atoms with E-state index in [0.717, 1.165) is 22.0 Å². The number of pyridine rings is 1. The molecule has 0 saturated carbocycles. The van der Waals surface area contributed by atoms with Crippen LogP contribution in [0.5, 0.6) is 0 Å². The second-order valence-electron chi connectivity index (χ2n) is 5.45. The molecular formula is C19H12ClFN4. The fraction of sp³-hybridized carbons (Fsp3) is 0. The van der Waals surface area contributed by atoms with Gasteiger partial charge in [0.2, 0.25) is 0 Å². The van der Waals surface area contributed by atoms with Crippen molar-refractivity contribution in [1.29, 1.82) is 0 Å². The summed E-state index contributed by atoms with van der Waals surface area (Å²) in [5, 5.41) is 4.08. The van der Waals surface area contributed by atoms with Crippen LogP contribution in [0.1, 0.15) is 0 Å². The molecule has 0 amide bonds. The van der Waals surface area contributed by atoms with Crippen LogP contribution in [0.2, 0.25) is 5.02 Å². The molecule has 122 valence electrons. The summed E-state index contributed by atoms with van der Waals surface area (Å²) >= 11 is 5.85. The number of rotatable bonds is 3. The van der Waals surface area contributed by atoms with Crippen LogP contribution in [0.4, 0.5) is 15.9 Å². The van der Waals surface area contributed by atoms with E-state index >= 15 is 0 Å². The Hall–Kier alpha value is -3.05. The zero-order valence-corrected chi connectivity index (χ0v) is 13.7. The summed E-state index contributed by atoms with van der Waals surface area (Å²) < 4.78 is 13.3. The van der Waals surface area contributed by atoms with Gasteiger partial charge in [-0.15, -0.1) is 0 Å². The van der Waals surface area contributed by atoms with E-state index in [1.807, 2.05) is 30.3 Å². The van der Waals surface area contributed by atoms with E-state index in [4.69, 9.17) is 11.6 Å². The van der Waals surface area contributed by atoms with Crippen LogP contribution in [0.3, 0.4) is 0 Å². The number of nitrogens with one attached hydrogen (secondary N) is 1. The molecule has 0 aliphatic heterocycles. The molecule has 0 aliphatic rings. The van der Waals surface area contributed by atoms with Gasteiger partial charge in [-0.1, -0.05) is 23.7 Å². The maximum Gasteiger partial charge on any atom is 0.141 e. The second kappa shape index (κ2) is 6.45. The topological polar surface area (TPSA) is 50.7 Å². The lowest BCUT2D eigenvalue weighted by molar-refractivity contribution is 0.628. The lowest BCUT2D eigenvalue weighted by Gasteiger charge is -2.10. The quantitative estimate of drug-likeness (QED) is 0.549. The molecule has 2 aromatic carbocycles. The Morgan fingerprint density at radius 2 is 1.88 bits per heavy atom. The first-order valence-electron chi connectivity index (χ1n) is 7.58. The summed E-state index contributed by atoms with van der Waals surface area (Å²) in [4.78, 5) is 12.8. The zero-order valence-electron chi connectivity index (χ0n) is 12.9. The highest BCUT2D eigenvalue weighted by Crippen LogP contribution is 2.29. The number of hydrogen-bond donors (Lipinski definition) is 1. The number of benzene rings is 2. The fourth-order valence-electron chi connectivity index (χ4n) is 2.58. The Morgan fingerprint density at radius 1 is 0.960 bits per heavy atom. The third-order valence-electron chi connectivity index (χ3n) is 3.81. The Balaban J connectivity index is 1.79. The molecule has 4 rings (SSSR count). The minimum atomic E-state index is -0.460. The molecule has 6 heteroatoms. The van der Waals surface area contributed by atoms with E-state index in [0.29, 0.717) is 11.5 Å². The van der Waals surface area contributed by atoms with Crippen molar-refractivity contribution >= 4 is 34.0 Å². The SMILES string of the molecule is Fc1ccc(Nc2ncnc3ccc(-c4cccnc4)cc23)cc1Cl. The lowest BCUT2D eigenvalue weighted by Crippen LogP contribution is -1.96. The third kappa shape index (κ3) is 3.14. The van der Waals surface area contributed by atoms with Crippen molar-refractivity contribution < 1.29 is 4.39 Å². The molecule has 25 heavy (non-hydrogen) atoms. The number of anilines is 2. The van der Waals surface area contributed by atoms with Crippen LogP contribution in [0.15, 0.2) is 67.3 Å². The number of nitrogens with zero attached hydrogens (tertiary/aromatic N) is 3. The van der Waals surface area contributed by atoms with E-state index in [1.54, 1.807) is 18.5 Å². The van der Waals surface area contributed by atoms with Gasteiger partial charge in [0.25, 0.3) is 0 Å². The van der Waals surface area contributed by atoms with Gasteiger partial charge in [-0.25, -0.2) is 14.4 Å². The molecule has 0 radical (unpaired) electrons. The predicted octanol–water partition coefficient (Wildman–Crippen LogP) is 5.23. The van der Waals surface area contributed by atoms with E-state index in [9.17, 15) is 4.39 Å². The first kappa shape index (κ1) is 15.5. The van der Waals surface area contributed by atoms with Crippen LogP contribution >= 0.6 is 11.6 Å². The fourth-order valence-corrected chi connectivity index (χ4v) is 2.76. The molecule has 2 heterocycles. The minimum absolute atomic E-state index is 0.0550. The van der Waals surface area contributed by atoms with Crippen molar-refractivity contribution in [2.75, 3.05) is 5.32 Å². The van der Waals surface area contributed by atoms with Gasteiger partial charge in [0.1, 0.15) is 18.0 Å². The highest BCUT2D eigenvalue weighted by molar-refractivity contribution is 6.31. The molecule has 1 N–H and O–H groups in total. The summed E-state index contributed by atoms with van der Waals surface area (Å²) in [5.74, 6) is 0.164. The second-order valence-corrected chi connectivity index (χ2v) is 5.86. The van der Waals surface area contributed by atoms with Gasteiger partial charge in [0.05, 0.1) is 10.5 Å². The largest absolute Gasteiger partial charge is 0.340 e. The van der Waals surface area contributed by atoms with Gasteiger partial charge in [-0.3, -0.25) is 4.98 Å². The van der Waals surface area contributed by atoms with E-state index in [1.165, 1.54) is 18.5 Å². The van der Waals surface area contributed by atoms with Gasteiger partial charge in [0.15, 0.2) is 0 Å². The smallest absolute Gasteiger partial charge is 0.141 e. The van der Waals surface area contributed by atoms with Crippen molar-refractivity contribution in [2.45, 2.75) is 0 Å². The summed E-state index contributed by atoms with van der Waals surface area (Å²) in [6.07, 6.45) is 5.02. The monoisotopic (exact) mass is 350 g/mol. The Morgan fingerprint density at radius 3 is 2.68 bits per heavy atom. The molecule has 0 spiro atoms. The van der Waals surface area contributed by atoms with E-state index < -0.39 is 5.82 Å². The normalized spacial score (nSPS) is 10.8. The molecule has 4 aromatic rings. The standard InChI is InChI=1S/C19H12ClFN4/c20-16-9-14(4-5-17(16)21)25-19-15-8-12(13-2-1-7-22-10-13)3-6-18(15)23-11-24-19/h1-11H,(H,23,24,25). The van der Waals surface area contributed by atoms with Crippen molar-refractivity contribution in [3.63, 3.8) is 0 Å². The Labute approximate surface area is 148 Å². The molecule has 0 unspecified atom stereocenters. The molecule has 0 atom stereocenters. The zero-order chi connectivity index (χ0) is 17.2. The number of halogens is 2. The lowest BCUT2D eigenvalue weighted by atomic mass is 10.1. The maximum atomic E-state index is 13.3. The van der Waals surface area contributed by atoms with Gasteiger partial charge in [-0.05, 0) is 42.0 Å². The van der Waals surface area contributed by atoms with Crippen molar-refractivity contribution in [1.82, 2.24) is 15.0 Å². The summed E-state index contributed by atoms with van der Waals surface area (Å²) in [7, 11) is 0. The van der Waals surface area contributed by atoms with Gasteiger partial charge in [0, 0.05) is 29.0 Å². The third-order valence-corrected chi connectivity index (χ3v) is 4.10. The van der Waals surface area contributed by atoms with Crippen LogP contribution in [0, 0.1) is 5.82 Å². The van der Waals surface area contributed by atoms with E-state index in [2.05, 4.69) is 20.3 Å². The number of fused-ring (bicyclic) bond motifs is 1. The first-order chi connectivity index (χ1) is 12.2. The molecular weight excluding hydrogens is 339 g/mol. The van der Waals surface area contributed by atoms with E-state index in [-0.39, 0.29) is 5.02 Å². The average molecular weight is 351 g/mol. The van der Waals surface area contributed by atoms with Crippen molar-refractivity contribution in [2.24, 2.45) is 0 Å². The highest BCUT2D eigenvalue weighted by atomic mass is 35.5. The van der Waals surface area contributed by atoms with Crippen LogP contribution < -0.4 is 5.32 Å². The molecule has 2 aromatic heterocycles. The summed E-state index contributed by atoms with van der Waals surface area (Å²) in [6, 6.07) is 14.3. The van der Waals surface area contributed by atoms with Crippen molar-refractivity contribution in [3.8, 4) is 11.1 Å². The predicted molar refractivity (Wildman–Crippen MR) is 97.5 cm³/mol. The van der Waals surface area contributed by atoms with Crippen LogP contribution in [-0.2, 0) is 0 Å². The van der Waals surface area contributed by atoms with Crippen LogP contribution in [0.25, 0.3) is 22.0 Å². The molecule has 0 saturated heterocycles. The van der Waals surface area contributed by atoms with Gasteiger partial charge in [-0.2, -0.15) is 0 Å². The van der Waals surface area contributed by atoms with Crippen molar-refractivity contribution in [3.05, 3.63) is 78.1 Å².